The monoisotopic (exact) mass is 362 g/mol. The van der Waals surface area contributed by atoms with Gasteiger partial charge in [0.25, 0.3) is 5.91 Å². The van der Waals surface area contributed by atoms with E-state index in [0.717, 1.165) is 10.6 Å². The molecule has 4 nitrogen and oxygen atoms in total. The van der Waals surface area contributed by atoms with Crippen LogP contribution in [0.5, 0.6) is 5.75 Å². The SMILES string of the molecule is CN(CCOc1ccccc1F)C(=O)c1csc(-c2ccsc2)n1. The molecule has 0 unspecified atom stereocenters. The number of para-hydroxylation sites is 1. The summed E-state index contributed by atoms with van der Waals surface area (Å²) in [6.45, 7) is 0.559. The number of thiazole rings is 1. The van der Waals surface area contributed by atoms with E-state index in [4.69, 9.17) is 4.74 Å². The van der Waals surface area contributed by atoms with Gasteiger partial charge in [-0.2, -0.15) is 11.3 Å². The lowest BCUT2D eigenvalue weighted by molar-refractivity contribution is 0.0768. The van der Waals surface area contributed by atoms with E-state index in [1.165, 1.54) is 22.3 Å². The summed E-state index contributed by atoms with van der Waals surface area (Å²) in [5, 5.41) is 6.56. The highest BCUT2D eigenvalue weighted by Gasteiger charge is 2.16. The van der Waals surface area contributed by atoms with Crippen molar-refractivity contribution in [2.24, 2.45) is 0 Å². The average molecular weight is 362 g/mol. The lowest BCUT2D eigenvalue weighted by Crippen LogP contribution is -2.31. The second kappa shape index (κ2) is 7.55. The van der Waals surface area contributed by atoms with Crippen LogP contribution < -0.4 is 4.74 Å². The number of aromatic nitrogens is 1. The van der Waals surface area contributed by atoms with Crippen LogP contribution in [0.1, 0.15) is 10.5 Å². The van der Waals surface area contributed by atoms with Gasteiger partial charge in [0.1, 0.15) is 17.3 Å². The number of ether oxygens (including phenoxy) is 1. The highest BCUT2D eigenvalue weighted by molar-refractivity contribution is 7.14. The van der Waals surface area contributed by atoms with Crippen LogP contribution in [0.2, 0.25) is 0 Å². The molecule has 0 radical (unpaired) electrons. The van der Waals surface area contributed by atoms with E-state index in [1.54, 1.807) is 42.0 Å². The fourth-order valence-corrected chi connectivity index (χ4v) is 3.55. The van der Waals surface area contributed by atoms with Crippen LogP contribution in [-0.2, 0) is 0 Å². The fourth-order valence-electron chi connectivity index (χ4n) is 2.04. The zero-order valence-corrected chi connectivity index (χ0v) is 14.6. The maximum Gasteiger partial charge on any atom is 0.273 e. The minimum atomic E-state index is -0.411. The van der Waals surface area contributed by atoms with Crippen LogP contribution in [0.25, 0.3) is 10.6 Å². The summed E-state index contributed by atoms with van der Waals surface area (Å²) < 4.78 is 18.8. The number of amides is 1. The van der Waals surface area contributed by atoms with Crippen LogP contribution >= 0.6 is 22.7 Å². The van der Waals surface area contributed by atoms with E-state index < -0.39 is 5.82 Å². The van der Waals surface area contributed by atoms with Crippen molar-refractivity contribution in [1.82, 2.24) is 9.88 Å². The molecular weight excluding hydrogens is 347 g/mol. The van der Waals surface area contributed by atoms with E-state index in [1.807, 2.05) is 16.8 Å². The van der Waals surface area contributed by atoms with Crippen molar-refractivity contribution in [3.63, 3.8) is 0 Å². The Morgan fingerprint density at radius 3 is 2.88 bits per heavy atom. The van der Waals surface area contributed by atoms with Crippen molar-refractivity contribution in [2.45, 2.75) is 0 Å². The fraction of sp³-hybridized carbons (Fsp3) is 0.176. The molecule has 24 heavy (non-hydrogen) atoms. The van der Waals surface area contributed by atoms with E-state index in [9.17, 15) is 9.18 Å². The zero-order valence-electron chi connectivity index (χ0n) is 12.9. The Bertz CT molecular complexity index is 818. The maximum absolute atomic E-state index is 13.5. The first-order chi connectivity index (χ1) is 11.6. The molecule has 0 spiro atoms. The molecule has 2 heterocycles. The first-order valence-electron chi connectivity index (χ1n) is 7.26. The third kappa shape index (κ3) is 3.80. The van der Waals surface area contributed by atoms with Crippen molar-refractivity contribution in [2.75, 3.05) is 20.2 Å². The van der Waals surface area contributed by atoms with Gasteiger partial charge in [-0.3, -0.25) is 4.79 Å². The van der Waals surface area contributed by atoms with E-state index >= 15 is 0 Å². The smallest absolute Gasteiger partial charge is 0.273 e. The number of rotatable bonds is 6. The van der Waals surface area contributed by atoms with Crippen LogP contribution in [-0.4, -0.2) is 36.0 Å². The van der Waals surface area contributed by atoms with Gasteiger partial charge in [-0.25, -0.2) is 9.37 Å². The molecule has 0 aliphatic heterocycles. The molecule has 0 fully saturated rings. The second-order valence-electron chi connectivity index (χ2n) is 5.06. The van der Waals surface area contributed by atoms with Gasteiger partial charge in [-0.05, 0) is 23.6 Å². The van der Waals surface area contributed by atoms with Gasteiger partial charge < -0.3 is 9.64 Å². The number of halogens is 1. The molecule has 1 amide bonds. The summed E-state index contributed by atoms with van der Waals surface area (Å²) >= 11 is 3.04. The molecule has 3 aromatic rings. The predicted octanol–water partition coefficient (Wildman–Crippen LogP) is 4.16. The van der Waals surface area contributed by atoms with Crippen LogP contribution in [0.15, 0.2) is 46.5 Å². The summed E-state index contributed by atoms with van der Waals surface area (Å²) in [5.41, 5.74) is 1.43. The topological polar surface area (TPSA) is 42.4 Å². The molecule has 0 aliphatic carbocycles. The van der Waals surface area contributed by atoms with Gasteiger partial charge in [0.2, 0.25) is 0 Å². The normalized spacial score (nSPS) is 10.6. The number of carbonyl (C=O) groups is 1. The predicted molar refractivity (Wildman–Crippen MR) is 94.3 cm³/mol. The molecule has 0 aliphatic rings. The largest absolute Gasteiger partial charge is 0.489 e. The number of hydrogen-bond acceptors (Lipinski definition) is 5. The van der Waals surface area contributed by atoms with Crippen LogP contribution in [0.3, 0.4) is 0 Å². The van der Waals surface area contributed by atoms with Gasteiger partial charge in [0.05, 0.1) is 6.54 Å². The number of thiophene rings is 1. The van der Waals surface area contributed by atoms with E-state index in [0.29, 0.717) is 12.2 Å². The molecule has 0 saturated carbocycles. The molecule has 7 heteroatoms. The maximum atomic E-state index is 13.5. The highest BCUT2D eigenvalue weighted by atomic mass is 32.1. The van der Waals surface area contributed by atoms with Gasteiger partial charge in [-0.15, -0.1) is 11.3 Å². The van der Waals surface area contributed by atoms with E-state index in [-0.39, 0.29) is 18.3 Å². The van der Waals surface area contributed by atoms with Crippen molar-refractivity contribution >= 4 is 28.6 Å². The van der Waals surface area contributed by atoms with Gasteiger partial charge in [-0.1, -0.05) is 12.1 Å². The Labute approximate surface area is 147 Å². The molecular formula is C17H15FN2O2S2. The molecule has 0 N–H and O–H groups in total. The lowest BCUT2D eigenvalue weighted by Gasteiger charge is -2.16. The molecule has 0 bridgehead atoms. The number of nitrogens with zero attached hydrogens (tertiary/aromatic N) is 2. The minimum absolute atomic E-state index is 0.176. The third-order valence-electron chi connectivity index (χ3n) is 3.36. The molecule has 1 aromatic carbocycles. The zero-order chi connectivity index (χ0) is 16.9. The van der Waals surface area contributed by atoms with Crippen LogP contribution in [0.4, 0.5) is 4.39 Å². The number of likely N-dealkylation sites (N-methyl/N-ethyl adjacent to an activating group) is 1. The first kappa shape index (κ1) is 16.6. The molecule has 124 valence electrons. The van der Waals surface area contributed by atoms with Gasteiger partial charge in [0.15, 0.2) is 11.6 Å². The van der Waals surface area contributed by atoms with Crippen molar-refractivity contribution in [1.29, 1.82) is 0 Å². The van der Waals surface area contributed by atoms with Gasteiger partial charge >= 0.3 is 0 Å². The van der Waals surface area contributed by atoms with E-state index in [2.05, 4.69) is 4.98 Å². The van der Waals surface area contributed by atoms with Crippen molar-refractivity contribution < 1.29 is 13.9 Å². The highest BCUT2D eigenvalue weighted by Crippen LogP contribution is 2.26. The Morgan fingerprint density at radius 2 is 2.12 bits per heavy atom. The summed E-state index contributed by atoms with van der Waals surface area (Å²) in [6.07, 6.45) is 0. The Morgan fingerprint density at radius 1 is 1.29 bits per heavy atom. The molecule has 2 aromatic heterocycles. The van der Waals surface area contributed by atoms with Gasteiger partial charge in [0, 0.05) is 23.4 Å². The summed E-state index contributed by atoms with van der Waals surface area (Å²) in [6, 6.07) is 8.18. The Balaban J connectivity index is 1.56. The van der Waals surface area contributed by atoms with Crippen molar-refractivity contribution in [3.05, 3.63) is 58.0 Å². The minimum Gasteiger partial charge on any atom is -0.489 e. The third-order valence-corrected chi connectivity index (χ3v) is 4.93. The molecule has 0 atom stereocenters. The number of carbonyl (C=O) groups excluding carboxylic acids is 1. The molecule has 3 rings (SSSR count). The number of benzene rings is 1. The van der Waals surface area contributed by atoms with Crippen molar-refractivity contribution in [3.8, 4) is 16.3 Å². The Hall–Kier alpha value is -2.25. The standard InChI is InChI=1S/C17H15FN2O2S2/c1-20(7-8-22-15-5-3-2-4-13(15)18)17(21)14-11-24-16(19-14)12-6-9-23-10-12/h2-6,9-11H,7-8H2,1H3. The summed E-state index contributed by atoms with van der Waals surface area (Å²) in [5.74, 6) is -0.400. The van der Waals surface area contributed by atoms with Crippen LogP contribution in [0, 0.1) is 5.82 Å². The Kier molecular flexibility index (Phi) is 5.22. The molecule has 0 saturated heterocycles. The number of hydrogen-bond donors (Lipinski definition) is 0. The summed E-state index contributed by atoms with van der Waals surface area (Å²) in [7, 11) is 1.68. The summed E-state index contributed by atoms with van der Waals surface area (Å²) in [4.78, 5) is 18.3. The average Bonchev–Trinajstić information content (AvgIpc) is 3.27. The first-order valence-corrected chi connectivity index (χ1v) is 9.08. The second-order valence-corrected chi connectivity index (χ2v) is 6.69. The lowest BCUT2D eigenvalue weighted by atomic mass is 10.3. The quantitative estimate of drug-likeness (QED) is 0.661.